The fourth-order valence-electron chi connectivity index (χ4n) is 2.54. The first-order valence-electron chi connectivity index (χ1n) is 8.51. The van der Waals surface area contributed by atoms with Gasteiger partial charge in [0.05, 0.1) is 11.5 Å². The maximum Gasteiger partial charge on any atom is 0.258 e. The van der Waals surface area contributed by atoms with E-state index in [1.807, 2.05) is 6.92 Å². The zero-order valence-corrected chi connectivity index (χ0v) is 16.4. The predicted octanol–water partition coefficient (Wildman–Crippen LogP) is 1.65. The van der Waals surface area contributed by atoms with Crippen LogP contribution in [-0.2, 0) is 20.4 Å². The highest BCUT2D eigenvalue weighted by Gasteiger charge is 2.30. The number of nitrogens with zero attached hydrogens (tertiary/aromatic N) is 2. The number of carbonyl (C=O) groups excluding carboxylic acids is 2. The average molecular weight is 399 g/mol. The Kier molecular flexibility index (Phi) is 6.90. The molecule has 146 valence electrons. The molecular formula is C20H21N3O4S. The summed E-state index contributed by atoms with van der Waals surface area (Å²) in [6.07, 6.45) is 1.64. The smallest absolute Gasteiger partial charge is 0.258 e. The lowest BCUT2D eigenvalue weighted by molar-refractivity contribution is -0.128. The second kappa shape index (κ2) is 9.15. The Labute approximate surface area is 164 Å². The summed E-state index contributed by atoms with van der Waals surface area (Å²) in [6, 6.07) is 13.8. The van der Waals surface area contributed by atoms with Crippen molar-refractivity contribution in [2.24, 2.45) is 0 Å². The minimum Gasteiger partial charge on any atom is -0.339 e. The summed E-state index contributed by atoms with van der Waals surface area (Å²) >= 11 is 0. The van der Waals surface area contributed by atoms with Gasteiger partial charge in [0.1, 0.15) is 6.04 Å². The molecule has 2 aromatic carbocycles. The zero-order chi connectivity index (χ0) is 20.7. The second-order valence-corrected chi connectivity index (χ2v) is 8.54. The molecule has 2 amide bonds. The van der Waals surface area contributed by atoms with Gasteiger partial charge >= 0.3 is 0 Å². The molecule has 0 spiro atoms. The van der Waals surface area contributed by atoms with Crippen LogP contribution in [-0.4, -0.2) is 44.0 Å². The van der Waals surface area contributed by atoms with Gasteiger partial charge in [0.2, 0.25) is 0 Å². The average Bonchev–Trinajstić information content (AvgIpc) is 2.68. The van der Waals surface area contributed by atoms with Gasteiger partial charge in [-0.15, -0.1) is 0 Å². The van der Waals surface area contributed by atoms with Crippen LogP contribution in [0.5, 0.6) is 0 Å². The molecule has 28 heavy (non-hydrogen) atoms. The molecule has 0 radical (unpaired) electrons. The van der Waals surface area contributed by atoms with E-state index in [-0.39, 0.29) is 11.3 Å². The van der Waals surface area contributed by atoms with Crippen LogP contribution < -0.4 is 5.32 Å². The number of sulfone groups is 1. The van der Waals surface area contributed by atoms with Crippen molar-refractivity contribution in [3.8, 4) is 6.19 Å². The maximum absolute atomic E-state index is 12.6. The third-order valence-corrected chi connectivity index (χ3v) is 5.66. The summed E-state index contributed by atoms with van der Waals surface area (Å²) in [5, 5.41) is 11.4. The molecule has 0 heterocycles. The summed E-state index contributed by atoms with van der Waals surface area (Å²) in [7, 11) is -2.51. The summed E-state index contributed by atoms with van der Waals surface area (Å²) in [6.45, 7) is 1.89. The number of nitrogens with one attached hydrogen (secondary N) is 1. The molecule has 0 fully saturated rings. The Morgan fingerprint density at radius 3 is 2.29 bits per heavy atom. The Morgan fingerprint density at radius 1 is 1.11 bits per heavy atom. The number of aryl methyl sites for hydroxylation is 1. The number of hydrogen-bond acceptors (Lipinski definition) is 5. The molecule has 0 bridgehead atoms. The van der Waals surface area contributed by atoms with Gasteiger partial charge in [-0.1, -0.05) is 48.0 Å². The van der Waals surface area contributed by atoms with Gasteiger partial charge in [-0.05, 0) is 24.6 Å². The van der Waals surface area contributed by atoms with E-state index in [9.17, 15) is 18.0 Å². The molecule has 0 saturated heterocycles. The van der Waals surface area contributed by atoms with Gasteiger partial charge in [0.25, 0.3) is 11.8 Å². The van der Waals surface area contributed by atoms with Crippen LogP contribution in [0.4, 0.5) is 0 Å². The van der Waals surface area contributed by atoms with Crippen LogP contribution in [0.2, 0.25) is 0 Å². The molecule has 1 atom stereocenters. The number of amides is 2. The van der Waals surface area contributed by atoms with E-state index in [4.69, 9.17) is 5.26 Å². The van der Waals surface area contributed by atoms with Crippen molar-refractivity contribution in [3.63, 3.8) is 0 Å². The highest BCUT2D eigenvalue weighted by atomic mass is 32.2. The monoisotopic (exact) mass is 399 g/mol. The van der Waals surface area contributed by atoms with Crippen LogP contribution in [0.1, 0.15) is 21.5 Å². The molecule has 2 rings (SSSR count). The van der Waals surface area contributed by atoms with Crippen molar-refractivity contribution in [1.29, 1.82) is 5.26 Å². The van der Waals surface area contributed by atoms with Gasteiger partial charge in [-0.2, -0.15) is 5.26 Å². The Balaban J connectivity index is 2.21. The van der Waals surface area contributed by atoms with Crippen LogP contribution in [0, 0.1) is 18.4 Å². The highest BCUT2D eigenvalue weighted by molar-refractivity contribution is 7.90. The van der Waals surface area contributed by atoms with E-state index >= 15 is 0 Å². The largest absolute Gasteiger partial charge is 0.339 e. The summed E-state index contributed by atoms with van der Waals surface area (Å²) < 4.78 is 25.2. The molecule has 0 aliphatic heterocycles. The molecule has 0 aromatic heterocycles. The predicted molar refractivity (Wildman–Crippen MR) is 105 cm³/mol. The minimum absolute atomic E-state index is 0.269. The van der Waals surface area contributed by atoms with Gasteiger partial charge in [0.15, 0.2) is 16.0 Å². The molecule has 7 nitrogen and oxygen atoms in total. The van der Waals surface area contributed by atoms with Crippen LogP contribution in [0.25, 0.3) is 0 Å². The standard InChI is InChI=1S/C20H21N3O4S/c1-15-8-10-16(11-9-15)12-28(26,27)13-18(20(25)23(2)14-21)22-19(24)17-6-4-3-5-7-17/h3-11,18H,12-13H2,1-2H3,(H,22,24). The van der Waals surface area contributed by atoms with E-state index in [0.717, 1.165) is 5.56 Å². The lowest BCUT2D eigenvalue weighted by Crippen LogP contribution is -2.50. The van der Waals surface area contributed by atoms with Gasteiger partial charge in [0, 0.05) is 12.6 Å². The van der Waals surface area contributed by atoms with Crippen molar-refractivity contribution in [2.75, 3.05) is 12.8 Å². The Hall–Kier alpha value is -3.18. The van der Waals surface area contributed by atoms with E-state index in [1.165, 1.54) is 7.05 Å². The molecule has 2 aromatic rings. The van der Waals surface area contributed by atoms with Crippen LogP contribution in [0.15, 0.2) is 54.6 Å². The van der Waals surface area contributed by atoms with Crippen molar-refractivity contribution in [2.45, 2.75) is 18.7 Å². The third-order valence-electron chi connectivity index (χ3n) is 4.05. The normalized spacial score (nSPS) is 11.9. The molecule has 0 aliphatic rings. The Morgan fingerprint density at radius 2 is 1.71 bits per heavy atom. The van der Waals surface area contributed by atoms with E-state index in [2.05, 4.69) is 5.32 Å². The van der Waals surface area contributed by atoms with Gasteiger partial charge < -0.3 is 5.32 Å². The SMILES string of the molecule is Cc1ccc(CS(=O)(=O)CC(NC(=O)c2ccccc2)C(=O)N(C)C#N)cc1. The summed E-state index contributed by atoms with van der Waals surface area (Å²) in [5.41, 5.74) is 1.87. The number of rotatable bonds is 7. The molecule has 1 unspecified atom stereocenters. The number of nitriles is 1. The van der Waals surface area contributed by atoms with Gasteiger partial charge in [-0.3, -0.25) is 14.5 Å². The first-order valence-corrected chi connectivity index (χ1v) is 10.3. The maximum atomic E-state index is 12.6. The second-order valence-electron chi connectivity index (χ2n) is 6.43. The summed E-state index contributed by atoms with van der Waals surface area (Å²) in [5.74, 6) is -2.26. The van der Waals surface area contributed by atoms with Crippen LogP contribution >= 0.6 is 0 Å². The zero-order valence-electron chi connectivity index (χ0n) is 15.6. The van der Waals surface area contributed by atoms with Crippen LogP contribution in [0.3, 0.4) is 0 Å². The quantitative estimate of drug-likeness (QED) is 0.563. The van der Waals surface area contributed by atoms with Gasteiger partial charge in [-0.25, -0.2) is 8.42 Å². The fraction of sp³-hybridized carbons (Fsp3) is 0.250. The third kappa shape index (κ3) is 5.93. The number of benzene rings is 2. The summed E-state index contributed by atoms with van der Waals surface area (Å²) in [4.78, 5) is 25.5. The molecule has 0 aliphatic carbocycles. The molecule has 1 N–H and O–H groups in total. The molecule has 0 saturated carbocycles. The molecular weight excluding hydrogens is 378 g/mol. The van der Waals surface area contributed by atoms with Crippen molar-refractivity contribution in [1.82, 2.24) is 10.2 Å². The minimum atomic E-state index is -3.73. The van der Waals surface area contributed by atoms with E-state index < -0.39 is 33.4 Å². The fourth-order valence-corrected chi connectivity index (χ4v) is 4.09. The molecule has 8 heteroatoms. The van der Waals surface area contributed by atoms with Crippen molar-refractivity contribution < 1.29 is 18.0 Å². The van der Waals surface area contributed by atoms with E-state index in [1.54, 1.807) is 60.8 Å². The topological polar surface area (TPSA) is 107 Å². The lowest BCUT2D eigenvalue weighted by atomic mass is 10.2. The lowest BCUT2D eigenvalue weighted by Gasteiger charge is -2.20. The highest BCUT2D eigenvalue weighted by Crippen LogP contribution is 2.11. The number of likely N-dealkylation sites (N-methyl/N-ethyl adjacent to an activating group) is 1. The van der Waals surface area contributed by atoms with E-state index in [0.29, 0.717) is 10.5 Å². The Bertz CT molecular complexity index is 980. The number of carbonyl (C=O) groups is 2. The van der Waals surface area contributed by atoms with Crippen molar-refractivity contribution in [3.05, 3.63) is 71.3 Å². The first kappa shape index (κ1) is 21.1. The van der Waals surface area contributed by atoms with Crippen molar-refractivity contribution >= 4 is 21.7 Å². The number of hydrogen-bond donors (Lipinski definition) is 1. The first-order chi connectivity index (χ1) is 13.2.